The lowest BCUT2D eigenvalue weighted by molar-refractivity contribution is -0.116. The van der Waals surface area contributed by atoms with Gasteiger partial charge < -0.3 is 14.4 Å². The van der Waals surface area contributed by atoms with Gasteiger partial charge in [0.25, 0.3) is 0 Å². The zero-order valence-corrected chi connectivity index (χ0v) is 10.6. The summed E-state index contributed by atoms with van der Waals surface area (Å²) in [5.74, 6) is 1.47. The first-order valence-corrected chi connectivity index (χ1v) is 5.71. The minimum absolute atomic E-state index is 0.235. The number of hydrogen-bond donors (Lipinski definition) is 0. The lowest BCUT2D eigenvalue weighted by Gasteiger charge is -2.20. The van der Waals surface area contributed by atoms with Crippen molar-refractivity contribution >= 4 is 23.1 Å². The number of Topliss-reactive ketones (excluding diaryl/α,β-unsaturated/α-hetero) is 1. The Hall–Kier alpha value is -1.42. The Kier molecular flexibility index (Phi) is 3.43. The first-order chi connectivity index (χ1) is 8.15. The molecule has 5 heteroatoms. The van der Waals surface area contributed by atoms with E-state index in [2.05, 4.69) is 0 Å². The number of anilines is 1. The van der Waals surface area contributed by atoms with Crippen molar-refractivity contribution in [2.24, 2.45) is 0 Å². The summed E-state index contributed by atoms with van der Waals surface area (Å²) in [6.45, 7) is 1.12. The van der Waals surface area contributed by atoms with Gasteiger partial charge in [-0.3, -0.25) is 4.79 Å². The normalized spacial score (nSPS) is 15.2. The van der Waals surface area contributed by atoms with Gasteiger partial charge in [0.1, 0.15) is 11.5 Å². The summed E-state index contributed by atoms with van der Waals surface area (Å²) in [6.07, 6.45) is 0.576. The molecule has 0 aromatic heterocycles. The van der Waals surface area contributed by atoms with Crippen LogP contribution < -0.4 is 14.4 Å². The summed E-state index contributed by atoms with van der Waals surface area (Å²) >= 11 is 6.08. The Morgan fingerprint density at radius 2 is 1.94 bits per heavy atom. The third kappa shape index (κ3) is 2.31. The molecule has 0 bridgehead atoms. The van der Waals surface area contributed by atoms with Gasteiger partial charge in [-0.05, 0) is 6.07 Å². The highest BCUT2D eigenvalue weighted by Crippen LogP contribution is 2.38. The number of nitrogens with zero attached hydrogens (tertiary/aromatic N) is 1. The molecule has 0 amide bonds. The summed E-state index contributed by atoms with van der Waals surface area (Å²) in [7, 11) is 3.14. The zero-order chi connectivity index (χ0) is 12.4. The highest BCUT2D eigenvalue weighted by Gasteiger charge is 2.23. The molecular weight excluding hydrogens is 242 g/mol. The van der Waals surface area contributed by atoms with Gasteiger partial charge in [0.05, 0.1) is 31.5 Å². The van der Waals surface area contributed by atoms with E-state index < -0.39 is 0 Å². The second-order valence-electron chi connectivity index (χ2n) is 3.87. The maximum Gasteiger partial charge on any atom is 0.153 e. The quantitative estimate of drug-likeness (QED) is 0.830. The van der Waals surface area contributed by atoms with E-state index in [0.29, 0.717) is 36.0 Å². The maximum atomic E-state index is 11.3. The lowest BCUT2D eigenvalue weighted by Crippen LogP contribution is -2.20. The second kappa shape index (κ2) is 4.84. The molecule has 17 heavy (non-hydrogen) atoms. The van der Waals surface area contributed by atoms with Gasteiger partial charge in [-0.2, -0.15) is 0 Å². The van der Waals surface area contributed by atoms with E-state index in [1.165, 1.54) is 0 Å². The molecule has 1 aliphatic heterocycles. The van der Waals surface area contributed by atoms with Crippen LogP contribution in [0.15, 0.2) is 12.1 Å². The van der Waals surface area contributed by atoms with Gasteiger partial charge in [0.15, 0.2) is 5.78 Å². The average Bonchev–Trinajstić information content (AvgIpc) is 2.75. The molecule has 1 aromatic rings. The van der Waals surface area contributed by atoms with Crippen LogP contribution >= 0.6 is 11.6 Å². The number of hydrogen-bond acceptors (Lipinski definition) is 4. The molecule has 1 heterocycles. The zero-order valence-electron chi connectivity index (χ0n) is 9.83. The van der Waals surface area contributed by atoms with Gasteiger partial charge in [0.2, 0.25) is 0 Å². The summed E-state index contributed by atoms with van der Waals surface area (Å²) in [5, 5.41) is 0.516. The molecule has 0 aliphatic carbocycles. The van der Waals surface area contributed by atoms with Gasteiger partial charge in [-0.15, -0.1) is 0 Å². The predicted octanol–water partition coefficient (Wildman–Crippen LogP) is 2.14. The molecule has 0 spiro atoms. The summed E-state index contributed by atoms with van der Waals surface area (Å²) < 4.78 is 10.4. The first kappa shape index (κ1) is 12.0. The van der Waals surface area contributed by atoms with E-state index in [1.807, 2.05) is 4.90 Å². The van der Waals surface area contributed by atoms with Crippen LogP contribution in [0.4, 0.5) is 5.69 Å². The topological polar surface area (TPSA) is 38.8 Å². The SMILES string of the molecule is COc1cc(OC)c(N2CCC(=O)C2)cc1Cl. The Morgan fingerprint density at radius 1 is 1.24 bits per heavy atom. The van der Waals surface area contributed by atoms with Crippen molar-refractivity contribution in [3.63, 3.8) is 0 Å². The Morgan fingerprint density at radius 3 is 2.47 bits per heavy atom. The molecule has 92 valence electrons. The fourth-order valence-electron chi connectivity index (χ4n) is 1.93. The van der Waals surface area contributed by atoms with Crippen LogP contribution in [0.25, 0.3) is 0 Å². The molecule has 0 N–H and O–H groups in total. The second-order valence-corrected chi connectivity index (χ2v) is 4.28. The van der Waals surface area contributed by atoms with E-state index in [1.54, 1.807) is 26.4 Å². The van der Waals surface area contributed by atoms with Gasteiger partial charge in [0, 0.05) is 19.0 Å². The lowest BCUT2D eigenvalue weighted by atomic mass is 10.2. The number of rotatable bonds is 3. The molecule has 1 aliphatic rings. The smallest absolute Gasteiger partial charge is 0.153 e. The highest BCUT2D eigenvalue weighted by molar-refractivity contribution is 6.32. The largest absolute Gasteiger partial charge is 0.495 e. The number of ketones is 1. The summed E-state index contributed by atoms with van der Waals surface area (Å²) in [6, 6.07) is 3.51. The molecule has 0 unspecified atom stereocenters. The van der Waals surface area contributed by atoms with Crippen LogP contribution in [0.5, 0.6) is 11.5 Å². The molecule has 1 aromatic carbocycles. The van der Waals surface area contributed by atoms with Crippen LogP contribution in [0, 0.1) is 0 Å². The average molecular weight is 256 g/mol. The minimum atomic E-state index is 0.235. The number of carbonyl (C=O) groups is 1. The van der Waals surface area contributed by atoms with Crippen molar-refractivity contribution in [3.05, 3.63) is 17.2 Å². The van der Waals surface area contributed by atoms with E-state index in [9.17, 15) is 4.79 Å². The van der Waals surface area contributed by atoms with Crippen molar-refractivity contribution in [1.82, 2.24) is 0 Å². The Balaban J connectivity index is 2.39. The first-order valence-electron chi connectivity index (χ1n) is 5.34. The van der Waals surface area contributed by atoms with Gasteiger partial charge >= 0.3 is 0 Å². The van der Waals surface area contributed by atoms with Crippen LogP contribution in [0.1, 0.15) is 6.42 Å². The number of halogens is 1. The van der Waals surface area contributed by atoms with Crippen molar-refractivity contribution in [2.45, 2.75) is 6.42 Å². The van der Waals surface area contributed by atoms with Crippen LogP contribution in [0.3, 0.4) is 0 Å². The monoisotopic (exact) mass is 255 g/mol. The van der Waals surface area contributed by atoms with Crippen LogP contribution in [-0.4, -0.2) is 33.1 Å². The number of carbonyl (C=O) groups excluding carboxylic acids is 1. The molecule has 1 fully saturated rings. The fourth-order valence-corrected chi connectivity index (χ4v) is 2.16. The Labute approximate surface area is 105 Å². The van der Waals surface area contributed by atoms with E-state index >= 15 is 0 Å². The van der Waals surface area contributed by atoms with Crippen LogP contribution in [0.2, 0.25) is 5.02 Å². The number of methoxy groups -OCH3 is 2. The maximum absolute atomic E-state index is 11.3. The number of benzene rings is 1. The molecule has 0 saturated carbocycles. The fraction of sp³-hybridized carbons (Fsp3) is 0.417. The van der Waals surface area contributed by atoms with E-state index in [0.717, 1.165) is 5.69 Å². The molecule has 0 atom stereocenters. The van der Waals surface area contributed by atoms with Crippen molar-refractivity contribution in [2.75, 3.05) is 32.2 Å². The third-order valence-corrected chi connectivity index (χ3v) is 3.12. The molecule has 4 nitrogen and oxygen atoms in total. The van der Waals surface area contributed by atoms with Crippen molar-refractivity contribution in [1.29, 1.82) is 0 Å². The Bertz CT molecular complexity index is 448. The van der Waals surface area contributed by atoms with E-state index in [-0.39, 0.29) is 5.78 Å². The molecule has 1 saturated heterocycles. The van der Waals surface area contributed by atoms with Crippen LogP contribution in [-0.2, 0) is 4.79 Å². The minimum Gasteiger partial charge on any atom is -0.495 e. The third-order valence-electron chi connectivity index (χ3n) is 2.82. The van der Waals surface area contributed by atoms with Crippen molar-refractivity contribution in [3.8, 4) is 11.5 Å². The predicted molar refractivity (Wildman–Crippen MR) is 66.4 cm³/mol. The summed E-state index contributed by atoms with van der Waals surface area (Å²) in [4.78, 5) is 13.3. The van der Waals surface area contributed by atoms with Gasteiger partial charge in [-0.25, -0.2) is 0 Å². The van der Waals surface area contributed by atoms with Gasteiger partial charge in [-0.1, -0.05) is 11.6 Å². The number of ether oxygens (including phenoxy) is 2. The summed E-state index contributed by atoms with van der Waals surface area (Å²) in [5.41, 5.74) is 0.837. The molecule has 2 rings (SSSR count). The highest BCUT2D eigenvalue weighted by atomic mass is 35.5. The standard InChI is InChI=1S/C12H14ClNO3/c1-16-11-6-12(17-2)10(5-9(11)13)14-4-3-8(15)7-14/h5-6H,3-4,7H2,1-2H3. The van der Waals surface area contributed by atoms with Crippen molar-refractivity contribution < 1.29 is 14.3 Å². The molecule has 0 radical (unpaired) electrons. The molecular formula is C12H14ClNO3. The van der Waals surface area contributed by atoms with E-state index in [4.69, 9.17) is 21.1 Å².